The van der Waals surface area contributed by atoms with Gasteiger partial charge in [-0.2, -0.15) is 0 Å². The normalized spacial score (nSPS) is 20.8. The molecule has 0 radical (unpaired) electrons. The fourth-order valence-electron chi connectivity index (χ4n) is 3.20. The molecule has 2 aliphatic rings. The number of carbonyl (C=O) groups is 1. The Labute approximate surface area is 132 Å². The maximum Gasteiger partial charge on any atom is 0.272 e. The second kappa shape index (κ2) is 7.09. The van der Waals surface area contributed by atoms with E-state index in [1.165, 1.54) is 12.8 Å². The lowest BCUT2D eigenvalue weighted by molar-refractivity contribution is 0.0756. The van der Waals surface area contributed by atoms with Crippen molar-refractivity contribution < 1.29 is 4.79 Å². The van der Waals surface area contributed by atoms with Crippen LogP contribution in [0.3, 0.4) is 0 Å². The molecule has 5 heteroatoms. The van der Waals surface area contributed by atoms with Crippen LogP contribution < -0.4 is 4.90 Å². The number of anilines is 1. The summed E-state index contributed by atoms with van der Waals surface area (Å²) in [6, 6.07) is 3.93. The first-order valence-electron chi connectivity index (χ1n) is 8.43. The van der Waals surface area contributed by atoms with Crippen molar-refractivity contribution in [2.45, 2.75) is 25.7 Å². The van der Waals surface area contributed by atoms with Crippen LogP contribution in [0.15, 0.2) is 18.3 Å². The molecule has 0 bridgehead atoms. The van der Waals surface area contributed by atoms with Crippen molar-refractivity contribution in [1.29, 1.82) is 0 Å². The Morgan fingerprint density at radius 2 is 1.64 bits per heavy atom. The predicted octanol–water partition coefficient (Wildman–Crippen LogP) is 1.85. The predicted molar refractivity (Wildman–Crippen MR) is 88.3 cm³/mol. The molecule has 0 aromatic carbocycles. The fourth-order valence-corrected chi connectivity index (χ4v) is 3.20. The molecule has 0 saturated carbocycles. The number of amides is 1. The lowest BCUT2D eigenvalue weighted by atomic mass is 10.2. The van der Waals surface area contributed by atoms with Crippen LogP contribution in [0.25, 0.3) is 0 Å². The molecule has 3 heterocycles. The molecule has 3 rings (SSSR count). The van der Waals surface area contributed by atoms with E-state index in [0.717, 1.165) is 57.8 Å². The molecular formula is C17H26N4O. The third-order valence-electron chi connectivity index (χ3n) is 4.73. The van der Waals surface area contributed by atoms with Crippen LogP contribution in [0.5, 0.6) is 0 Å². The maximum atomic E-state index is 12.5. The van der Waals surface area contributed by atoms with E-state index in [-0.39, 0.29) is 5.91 Å². The summed E-state index contributed by atoms with van der Waals surface area (Å²) in [7, 11) is 2.15. The Morgan fingerprint density at radius 1 is 0.955 bits per heavy atom. The molecule has 1 aromatic heterocycles. The summed E-state index contributed by atoms with van der Waals surface area (Å²) in [6.45, 7) is 5.96. The van der Waals surface area contributed by atoms with Crippen molar-refractivity contribution in [1.82, 2.24) is 14.8 Å². The van der Waals surface area contributed by atoms with Crippen LogP contribution in [0.2, 0.25) is 0 Å². The Bertz CT molecular complexity index is 486. The van der Waals surface area contributed by atoms with E-state index in [1.807, 2.05) is 23.2 Å². The number of aromatic nitrogens is 1. The summed E-state index contributed by atoms with van der Waals surface area (Å²) in [6.07, 6.45) is 6.56. The number of nitrogens with zero attached hydrogens (tertiary/aromatic N) is 4. The number of hydrogen-bond acceptors (Lipinski definition) is 4. The number of hydrogen-bond donors (Lipinski definition) is 0. The number of likely N-dealkylation sites (N-methyl/N-ethyl adjacent to an activating group) is 1. The minimum absolute atomic E-state index is 0.0897. The molecule has 1 amide bonds. The van der Waals surface area contributed by atoms with Gasteiger partial charge in [-0.25, -0.2) is 4.98 Å². The average molecular weight is 302 g/mol. The smallest absolute Gasteiger partial charge is 0.272 e. The zero-order valence-corrected chi connectivity index (χ0v) is 13.5. The standard InChI is InChI=1S/C17H26N4O/c1-19-10-12-20(13-11-19)15-6-7-16(18-14-15)17(22)21-8-4-2-3-5-9-21/h6-7,14H,2-5,8-13H2,1H3. The number of likely N-dealkylation sites (tertiary alicyclic amines) is 1. The van der Waals surface area contributed by atoms with Crippen LogP contribution >= 0.6 is 0 Å². The third kappa shape index (κ3) is 3.58. The molecule has 0 spiro atoms. The van der Waals surface area contributed by atoms with E-state index >= 15 is 0 Å². The number of rotatable bonds is 2. The van der Waals surface area contributed by atoms with Crippen molar-refractivity contribution in [2.24, 2.45) is 0 Å². The van der Waals surface area contributed by atoms with Gasteiger partial charge in [0.1, 0.15) is 5.69 Å². The highest BCUT2D eigenvalue weighted by atomic mass is 16.2. The minimum atomic E-state index is 0.0897. The van der Waals surface area contributed by atoms with Gasteiger partial charge in [-0.05, 0) is 32.0 Å². The van der Waals surface area contributed by atoms with E-state index < -0.39 is 0 Å². The first-order valence-corrected chi connectivity index (χ1v) is 8.43. The van der Waals surface area contributed by atoms with Gasteiger partial charge in [-0.3, -0.25) is 4.79 Å². The molecule has 5 nitrogen and oxygen atoms in total. The quantitative estimate of drug-likeness (QED) is 0.836. The lowest BCUT2D eigenvalue weighted by Gasteiger charge is -2.33. The summed E-state index contributed by atoms with van der Waals surface area (Å²) < 4.78 is 0. The molecule has 1 aromatic rings. The van der Waals surface area contributed by atoms with Gasteiger partial charge in [0.2, 0.25) is 0 Å². The van der Waals surface area contributed by atoms with Crippen molar-refractivity contribution in [3.05, 3.63) is 24.0 Å². The Morgan fingerprint density at radius 3 is 2.23 bits per heavy atom. The summed E-state index contributed by atoms with van der Waals surface area (Å²) in [5.74, 6) is 0.0897. The summed E-state index contributed by atoms with van der Waals surface area (Å²) in [5, 5.41) is 0. The number of carbonyl (C=O) groups excluding carboxylic acids is 1. The molecule has 0 N–H and O–H groups in total. The van der Waals surface area contributed by atoms with E-state index in [4.69, 9.17) is 0 Å². The molecule has 22 heavy (non-hydrogen) atoms. The van der Waals surface area contributed by atoms with Crippen LogP contribution in [0.1, 0.15) is 36.2 Å². The Kier molecular flexibility index (Phi) is 4.93. The van der Waals surface area contributed by atoms with Gasteiger partial charge >= 0.3 is 0 Å². The van der Waals surface area contributed by atoms with E-state index in [2.05, 4.69) is 21.8 Å². The third-order valence-corrected chi connectivity index (χ3v) is 4.73. The average Bonchev–Trinajstić information content (AvgIpc) is 2.84. The van der Waals surface area contributed by atoms with E-state index in [9.17, 15) is 4.79 Å². The zero-order valence-electron chi connectivity index (χ0n) is 13.5. The van der Waals surface area contributed by atoms with Gasteiger partial charge in [0, 0.05) is 39.3 Å². The lowest BCUT2D eigenvalue weighted by Crippen LogP contribution is -2.44. The summed E-state index contributed by atoms with van der Waals surface area (Å²) >= 11 is 0. The summed E-state index contributed by atoms with van der Waals surface area (Å²) in [5.41, 5.74) is 1.71. The second-order valence-corrected chi connectivity index (χ2v) is 6.40. The van der Waals surface area contributed by atoms with Crippen LogP contribution in [0.4, 0.5) is 5.69 Å². The van der Waals surface area contributed by atoms with Crippen molar-refractivity contribution >= 4 is 11.6 Å². The number of piperazine rings is 1. The highest BCUT2D eigenvalue weighted by molar-refractivity contribution is 5.92. The van der Waals surface area contributed by atoms with Crippen molar-refractivity contribution in [3.8, 4) is 0 Å². The molecule has 120 valence electrons. The van der Waals surface area contributed by atoms with Crippen LogP contribution in [0, 0.1) is 0 Å². The topological polar surface area (TPSA) is 39.7 Å². The van der Waals surface area contributed by atoms with Gasteiger partial charge in [-0.15, -0.1) is 0 Å². The van der Waals surface area contributed by atoms with Gasteiger partial charge in [0.15, 0.2) is 0 Å². The minimum Gasteiger partial charge on any atom is -0.368 e. The molecule has 0 aliphatic carbocycles. The monoisotopic (exact) mass is 302 g/mol. The van der Waals surface area contributed by atoms with Crippen LogP contribution in [-0.2, 0) is 0 Å². The number of pyridine rings is 1. The Hall–Kier alpha value is -1.62. The van der Waals surface area contributed by atoms with Crippen molar-refractivity contribution in [3.63, 3.8) is 0 Å². The summed E-state index contributed by atoms with van der Waals surface area (Å²) in [4.78, 5) is 23.6. The fraction of sp³-hybridized carbons (Fsp3) is 0.647. The van der Waals surface area contributed by atoms with Gasteiger partial charge in [-0.1, -0.05) is 12.8 Å². The SMILES string of the molecule is CN1CCN(c2ccc(C(=O)N3CCCCCC3)nc2)CC1. The van der Waals surface area contributed by atoms with Gasteiger partial charge < -0.3 is 14.7 Å². The molecule has 0 atom stereocenters. The second-order valence-electron chi connectivity index (χ2n) is 6.40. The molecular weight excluding hydrogens is 276 g/mol. The first-order chi connectivity index (χ1) is 10.7. The largest absolute Gasteiger partial charge is 0.368 e. The molecule has 2 saturated heterocycles. The first kappa shape index (κ1) is 15.3. The highest BCUT2D eigenvalue weighted by Gasteiger charge is 2.19. The molecule has 2 fully saturated rings. The van der Waals surface area contributed by atoms with E-state index in [1.54, 1.807) is 0 Å². The van der Waals surface area contributed by atoms with Gasteiger partial charge in [0.25, 0.3) is 5.91 Å². The van der Waals surface area contributed by atoms with Crippen LogP contribution in [-0.4, -0.2) is 67.0 Å². The van der Waals surface area contributed by atoms with Crippen molar-refractivity contribution in [2.75, 3.05) is 51.2 Å². The Balaban J connectivity index is 1.64. The van der Waals surface area contributed by atoms with E-state index in [0.29, 0.717) is 5.69 Å². The molecule has 0 unspecified atom stereocenters. The molecule has 2 aliphatic heterocycles. The zero-order chi connectivity index (χ0) is 15.4. The van der Waals surface area contributed by atoms with Gasteiger partial charge in [0.05, 0.1) is 11.9 Å². The highest BCUT2D eigenvalue weighted by Crippen LogP contribution is 2.17. The maximum absolute atomic E-state index is 12.5.